The molecule has 0 aromatic carbocycles. The molecule has 0 aromatic heterocycles. The summed E-state index contributed by atoms with van der Waals surface area (Å²) in [6.07, 6.45) is 7.45. The molecule has 0 bridgehead atoms. The van der Waals surface area contributed by atoms with Crippen LogP contribution in [-0.4, -0.2) is 25.0 Å². The van der Waals surface area contributed by atoms with E-state index in [2.05, 4.69) is 25.8 Å². The third kappa shape index (κ3) is 1.98. The first-order valence-electron chi connectivity index (χ1n) is 6.30. The average Bonchev–Trinajstić information content (AvgIpc) is 2.48. The molecule has 2 rings (SSSR count). The Labute approximate surface area is 88.9 Å². The monoisotopic (exact) mass is 195 g/mol. The highest BCUT2D eigenvalue weighted by Crippen LogP contribution is 2.46. The van der Waals surface area contributed by atoms with Gasteiger partial charge in [0.25, 0.3) is 0 Å². The van der Waals surface area contributed by atoms with Gasteiger partial charge in [-0.15, -0.1) is 0 Å². The lowest BCUT2D eigenvalue weighted by molar-refractivity contribution is 0.133. The van der Waals surface area contributed by atoms with Crippen molar-refractivity contribution in [3.63, 3.8) is 0 Å². The summed E-state index contributed by atoms with van der Waals surface area (Å²) in [4.78, 5) is 2.52. The Morgan fingerprint density at radius 2 is 1.79 bits per heavy atom. The van der Waals surface area contributed by atoms with Crippen LogP contribution >= 0.6 is 0 Å². The summed E-state index contributed by atoms with van der Waals surface area (Å²) < 4.78 is 0. The minimum absolute atomic E-state index is 0.736. The Morgan fingerprint density at radius 1 is 1.14 bits per heavy atom. The predicted octanol–water partition coefficient (Wildman–Crippen LogP) is 3.15. The van der Waals surface area contributed by atoms with Crippen LogP contribution in [-0.2, 0) is 0 Å². The number of hydrogen-bond donors (Lipinski definition) is 0. The van der Waals surface area contributed by atoms with Crippen LogP contribution in [0.25, 0.3) is 0 Å². The van der Waals surface area contributed by atoms with E-state index in [9.17, 15) is 0 Å². The second-order valence-corrected chi connectivity index (χ2v) is 6.07. The van der Waals surface area contributed by atoms with Crippen LogP contribution in [0, 0.1) is 17.3 Å². The summed E-state index contributed by atoms with van der Waals surface area (Å²) in [6, 6.07) is 0. The fourth-order valence-electron chi connectivity index (χ4n) is 3.49. The second kappa shape index (κ2) is 3.84. The van der Waals surface area contributed by atoms with Gasteiger partial charge in [-0.05, 0) is 62.9 Å². The van der Waals surface area contributed by atoms with Crippen molar-refractivity contribution in [2.24, 2.45) is 17.3 Å². The van der Waals surface area contributed by atoms with Gasteiger partial charge >= 0.3 is 0 Å². The summed E-state index contributed by atoms with van der Waals surface area (Å²) in [5.74, 6) is 1.93. The Bertz CT molecular complexity index is 189. The van der Waals surface area contributed by atoms with Gasteiger partial charge in [-0.25, -0.2) is 0 Å². The molecule has 0 radical (unpaired) electrons. The third-order valence-corrected chi connectivity index (χ3v) is 4.66. The maximum atomic E-state index is 2.52. The van der Waals surface area contributed by atoms with Crippen LogP contribution in [0.15, 0.2) is 0 Å². The SMILES string of the molecule is CC(C)C1CCC2(CC1)CCN(C)C2. The summed E-state index contributed by atoms with van der Waals surface area (Å²) >= 11 is 0. The zero-order chi connectivity index (χ0) is 10.2. The quantitative estimate of drug-likeness (QED) is 0.621. The largest absolute Gasteiger partial charge is 0.306 e. The molecule has 0 N–H and O–H groups in total. The van der Waals surface area contributed by atoms with Crippen molar-refractivity contribution in [3.8, 4) is 0 Å². The van der Waals surface area contributed by atoms with E-state index < -0.39 is 0 Å². The van der Waals surface area contributed by atoms with E-state index in [4.69, 9.17) is 0 Å². The van der Waals surface area contributed by atoms with E-state index in [0.29, 0.717) is 0 Å². The molecule has 0 unspecified atom stereocenters. The lowest BCUT2D eigenvalue weighted by atomic mass is 9.67. The standard InChI is InChI=1S/C13H25N/c1-11(2)12-4-6-13(7-5-12)8-9-14(3)10-13/h11-12H,4-10H2,1-3H3. The van der Waals surface area contributed by atoms with Gasteiger partial charge in [0.05, 0.1) is 0 Å². The molecule has 1 nitrogen and oxygen atoms in total. The Kier molecular flexibility index (Phi) is 2.88. The van der Waals surface area contributed by atoms with Gasteiger partial charge in [0.1, 0.15) is 0 Å². The van der Waals surface area contributed by atoms with Gasteiger partial charge < -0.3 is 4.90 Å². The summed E-state index contributed by atoms with van der Waals surface area (Å²) in [7, 11) is 2.28. The fraction of sp³-hybridized carbons (Fsp3) is 1.00. The van der Waals surface area contributed by atoms with Crippen LogP contribution in [0.5, 0.6) is 0 Å². The summed E-state index contributed by atoms with van der Waals surface area (Å²) in [5.41, 5.74) is 0.736. The van der Waals surface area contributed by atoms with Crippen molar-refractivity contribution >= 4 is 0 Å². The molecule has 2 aliphatic rings. The lowest BCUT2D eigenvalue weighted by Gasteiger charge is -2.38. The molecule has 0 amide bonds. The Balaban J connectivity index is 1.89. The molecule has 14 heavy (non-hydrogen) atoms. The molecule has 82 valence electrons. The zero-order valence-corrected chi connectivity index (χ0v) is 10.1. The van der Waals surface area contributed by atoms with Crippen LogP contribution < -0.4 is 0 Å². The van der Waals surface area contributed by atoms with Crippen molar-refractivity contribution < 1.29 is 0 Å². The molecule has 2 fully saturated rings. The topological polar surface area (TPSA) is 3.24 Å². The lowest BCUT2D eigenvalue weighted by Crippen LogP contribution is -2.31. The minimum Gasteiger partial charge on any atom is -0.306 e. The summed E-state index contributed by atoms with van der Waals surface area (Å²) in [5, 5.41) is 0. The van der Waals surface area contributed by atoms with Crippen molar-refractivity contribution in [2.75, 3.05) is 20.1 Å². The van der Waals surface area contributed by atoms with E-state index in [0.717, 1.165) is 17.3 Å². The minimum atomic E-state index is 0.736. The van der Waals surface area contributed by atoms with Crippen molar-refractivity contribution in [3.05, 3.63) is 0 Å². The van der Waals surface area contributed by atoms with Crippen molar-refractivity contribution in [2.45, 2.75) is 46.0 Å². The molecule has 0 aromatic rings. The van der Waals surface area contributed by atoms with E-state index in [1.165, 1.54) is 45.2 Å². The van der Waals surface area contributed by atoms with Gasteiger partial charge in [0.2, 0.25) is 0 Å². The number of nitrogens with zero attached hydrogens (tertiary/aromatic N) is 1. The Morgan fingerprint density at radius 3 is 2.21 bits per heavy atom. The Hall–Kier alpha value is -0.0400. The molecular formula is C13H25N. The first-order valence-corrected chi connectivity index (χ1v) is 6.30. The molecule has 0 atom stereocenters. The van der Waals surface area contributed by atoms with Crippen LogP contribution in [0.2, 0.25) is 0 Å². The maximum Gasteiger partial charge on any atom is 0.00354 e. The highest BCUT2D eigenvalue weighted by Gasteiger charge is 2.39. The molecule has 1 aliphatic carbocycles. The van der Waals surface area contributed by atoms with Gasteiger partial charge in [-0.1, -0.05) is 13.8 Å². The van der Waals surface area contributed by atoms with Crippen molar-refractivity contribution in [1.29, 1.82) is 0 Å². The molecule has 1 heterocycles. The van der Waals surface area contributed by atoms with Gasteiger partial charge in [-0.2, -0.15) is 0 Å². The molecular weight excluding hydrogens is 170 g/mol. The molecule has 1 spiro atoms. The predicted molar refractivity (Wildman–Crippen MR) is 61.3 cm³/mol. The highest BCUT2D eigenvalue weighted by atomic mass is 15.1. The maximum absolute atomic E-state index is 2.52. The molecule has 1 saturated carbocycles. The van der Waals surface area contributed by atoms with Gasteiger partial charge in [-0.3, -0.25) is 0 Å². The number of rotatable bonds is 1. The van der Waals surface area contributed by atoms with E-state index in [-0.39, 0.29) is 0 Å². The van der Waals surface area contributed by atoms with E-state index >= 15 is 0 Å². The summed E-state index contributed by atoms with van der Waals surface area (Å²) in [6.45, 7) is 7.50. The van der Waals surface area contributed by atoms with Crippen molar-refractivity contribution in [1.82, 2.24) is 4.90 Å². The molecule has 1 aliphatic heterocycles. The third-order valence-electron chi connectivity index (χ3n) is 4.66. The zero-order valence-electron chi connectivity index (χ0n) is 10.1. The number of hydrogen-bond acceptors (Lipinski definition) is 1. The number of likely N-dealkylation sites (tertiary alicyclic amines) is 1. The highest BCUT2D eigenvalue weighted by molar-refractivity contribution is 4.92. The second-order valence-electron chi connectivity index (χ2n) is 6.07. The van der Waals surface area contributed by atoms with Crippen LogP contribution in [0.1, 0.15) is 46.0 Å². The first kappa shape index (κ1) is 10.5. The van der Waals surface area contributed by atoms with Gasteiger partial charge in [0.15, 0.2) is 0 Å². The fourth-order valence-corrected chi connectivity index (χ4v) is 3.49. The van der Waals surface area contributed by atoms with E-state index in [1.54, 1.807) is 0 Å². The molecule has 1 saturated heterocycles. The van der Waals surface area contributed by atoms with Crippen LogP contribution in [0.4, 0.5) is 0 Å². The average molecular weight is 195 g/mol. The van der Waals surface area contributed by atoms with E-state index in [1.807, 2.05) is 0 Å². The smallest absolute Gasteiger partial charge is 0.00354 e. The first-order chi connectivity index (χ1) is 6.61. The van der Waals surface area contributed by atoms with Gasteiger partial charge in [0, 0.05) is 6.54 Å². The molecule has 1 heteroatoms. The normalized spacial score (nSPS) is 39.9. The van der Waals surface area contributed by atoms with Crippen LogP contribution in [0.3, 0.4) is 0 Å².